The fraction of sp³-hybridized carbons (Fsp3) is 0.375. The Kier molecular flexibility index (Phi) is 7.73. The van der Waals surface area contributed by atoms with Gasteiger partial charge in [0.15, 0.2) is 11.0 Å². The Balaban J connectivity index is 1.69. The van der Waals surface area contributed by atoms with Crippen LogP contribution < -0.4 is 5.32 Å². The molecule has 0 bridgehead atoms. The lowest BCUT2D eigenvalue weighted by atomic mass is 9.87. The fourth-order valence-electron chi connectivity index (χ4n) is 3.12. The van der Waals surface area contributed by atoms with E-state index < -0.39 is 0 Å². The Morgan fingerprint density at radius 1 is 1.26 bits per heavy atom. The zero-order valence-electron chi connectivity index (χ0n) is 18.6. The fourth-order valence-corrected chi connectivity index (χ4v) is 4.71. The van der Waals surface area contributed by atoms with Gasteiger partial charge in [0.1, 0.15) is 0 Å². The predicted octanol–water partition coefficient (Wildman–Crippen LogP) is 5.33. The van der Waals surface area contributed by atoms with E-state index in [-0.39, 0.29) is 16.6 Å². The van der Waals surface area contributed by atoms with E-state index in [1.807, 2.05) is 23.6 Å². The van der Waals surface area contributed by atoms with Crippen LogP contribution in [0.2, 0.25) is 0 Å². The maximum Gasteiger partial charge on any atom is 0.233 e. The van der Waals surface area contributed by atoms with Crippen LogP contribution in [0.25, 0.3) is 11.4 Å². The first-order valence-corrected chi connectivity index (χ1v) is 12.2. The third kappa shape index (κ3) is 6.08. The van der Waals surface area contributed by atoms with Crippen LogP contribution >= 0.6 is 23.1 Å². The van der Waals surface area contributed by atoms with E-state index in [0.29, 0.717) is 13.1 Å². The Hall–Kier alpha value is -2.38. The number of benzene rings is 1. The van der Waals surface area contributed by atoms with Crippen molar-refractivity contribution < 1.29 is 4.79 Å². The van der Waals surface area contributed by atoms with Crippen molar-refractivity contribution in [1.82, 2.24) is 20.1 Å². The molecule has 2 heterocycles. The number of hydrogen-bond donors (Lipinski definition) is 1. The molecule has 5 nitrogen and oxygen atoms in total. The molecule has 0 aliphatic rings. The molecule has 3 aromatic rings. The lowest BCUT2D eigenvalue weighted by Crippen LogP contribution is -2.32. The maximum absolute atomic E-state index is 12.5. The van der Waals surface area contributed by atoms with Crippen molar-refractivity contribution in [3.63, 3.8) is 0 Å². The number of aromatic nitrogens is 3. The second-order valence-corrected chi connectivity index (χ2v) is 10.8. The minimum absolute atomic E-state index is 0.00536. The van der Waals surface area contributed by atoms with Gasteiger partial charge in [0, 0.05) is 23.5 Å². The first-order chi connectivity index (χ1) is 14.8. The highest BCUT2D eigenvalue weighted by molar-refractivity contribution is 8.00. The number of allylic oxidation sites excluding steroid dienone is 1. The number of thiophene rings is 1. The van der Waals surface area contributed by atoms with Crippen LogP contribution in [0, 0.1) is 0 Å². The summed E-state index contributed by atoms with van der Waals surface area (Å²) in [5, 5.41) is 14.3. The zero-order chi connectivity index (χ0) is 22.4. The molecule has 1 aromatic carbocycles. The van der Waals surface area contributed by atoms with E-state index >= 15 is 0 Å². The maximum atomic E-state index is 12.5. The van der Waals surface area contributed by atoms with E-state index in [1.54, 1.807) is 11.3 Å². The van der Waals surface area contributed by atoms with Gasteiger partial charge in [-0.3, -0.25) is 9.36 Å². The minimum Gasteiger partial charge on any atom is -0.355 e. The lowest BCUT2D eigenvalue weighted by Gasteiger charge is -2.19. The highest BCUT2D eigenvalue weighted by Gasteiger charge is 2.21. The average Bonchev–Trinajstić information content (AvgIpc) is 3.38. The summed E-state index contributed by atoms with van der Waals surface area (Å²) in [5.41, 5.74) is 2.37. The topological polar surface area (TPSA) is 59.8 Å². The highest BCUT2D eigenvalue weighted by atomic mass is 32.2. The second-order valence-electron chi connectivity index (χ2n) is 8.41. The van der Waals surface area contributed by atoms with Gasteiger partial charge in [-0.05, 0) is 35.8 Å². The Morgan fingerprint density at radius 3 is 2.61 bits per heavy atom. The first kappa shape index (κ1) is 23.3. The predicted molar refractivity (Wildman–Crippen MR) is 131 cm³/mol. The SMILES string of the molecule is C=CCn1c(SC(C)C(=O)NCCc2cccs2)nnc1-c1ccc(C(C)(C)C)cc1. The van der Waals surface area contributed by atoms with Gasteiger partial charge >= 0.3 is 0 Å². The summed E-state index contributed by atoms with van der Waals surface area (Å²) in [4.78, 5) is 13.8. The summed E-state index contributed by atoms with van der Waals surface area (Å²) in [6.07, 6.45) is 2.67. The standard InChI is InChI=1S/C24H30N4OS2/c1-6-15-28-21(18-9-11-19(12-10-18)24(3,4)5)26-27-23(28)31-17(2)22(29)25-14-13-20-8-7-16-30-20/h6-12,16-17H,1,13-15H2,2-5H3,(H,25,29). The van der Waals surface area contributed by atoms with Gasteiger partial charge in [0.25, 0.3) is 0 Å². The van der Waals surface area contributed by atoms with Crippen LogP contribution in [0.4, 0.5) is 0 Å². The quantitative estimate of drug-likeness (QED) is 0.351. The van der Waals surface area contributed by atoms with Gasteiger partial charge in [-0.25, -0.2) is 0 Å². The van der Waals surface area contributed by atoms with Crippen molar-refractivity contribution >= 4 is 29.0 Å². The lowest BCUT2D eigenvalue weighted by molar-refractivity contribution is -0.120. The zero-order valence-corrected chi connectivity index (χ0v) is 20.2. The van der Waals surface area contributed by atoms with Crippen LogP contribution in [-0.4, -0.2) is 32.5 Å². The molecule has 0 saturated carbocycles. The summed E-state index contributed by atoms with van der Waals surface area (Å²) in [7, 11) is 0. The summed E-state index contributed by atoms with van der Waals surface area (Å²) in [6, 6.07) is 12.6. The Morgan fingerprint density at radius 2 is 2.00 bits per heavy atom. The molecule has 0 fully saturated rings. The number of nitrogens with one attached hydrogen (secondary N) is 1. The highest BCUT2D eigenvalue weighted by Crippen LogP contribution is 2.29. The number of carbonyl (C=O) groups is 1. The van der Waals surface area contributed by atoms with Gasteiger partial charge in [0.05, 0.1) is 5.25 Å². The molecule has 0 aliphatic carbocycles. The number of rotatable bonds is 9. The van der Waals surface area contributed by atoms with Gasteiger partial charge < -0.3 is 5.32 Å². The van der Waals surface area contributed by atoms with E-state index in [4.69, 9.17) is 0 Å². The van der Waals surface area contributed by atoms with E-state index in [1.165, 1.54) is 22.2 Å². The molecule has 1 amide bonds. The van der Waals surface area contributed by atoms with Crippen molar-refractivity contribution in [2.75, 3.05) is 6.54 Å². The van der Waals surface area contributed by atoms with Crippen molar-refractivity contribution in [1.29, 1.82) is 0 Å². The third-order valence-corrected chi connectivity index (χ3v) is 6.96. The summed E-state index contributed by atoms with van der Waals surface area (Å²) < 4.78 is 2.01. The molecule has 2 aromatic heterocycles. The monoisotopic (exact) mass is 454 g/mol. The Labute approximate surface area is 193 Å². The molecule has 0 aliphatic heterocycles. The molecule has 1 unspecified atom stereocenters. The van der Waals surface area contributed by atoms with Crippen LogP contribution in [0.15, 0.2) is 59.6 Å². The van der Waals surface area contributed by atoms with Gasteiger partial charge in [-0.2, -0.15) is 0 Å². The molecule has 1 atom stereocenters. The molecule has 7 heteroatoms. The van der Waals surface area contributed by atoms with Crippen LogP contribution in [-0.2, 0) is 23.2 Å². The summed E-state index contributed by atoms with van der Waals surface area (Å²) in [6.45, 7) is 13.6. The van der Waals surface area contributed by atoms with E-state index in [0.717, 1.165) is 23.0 Å². The summed E-state index contributed by atoms with van der Waals surface area (Å²) >= 11 is 3.13. The normalized spacial score (nSPS) is 12.5. The van der Waals surface area contributed by atoms with Crippen LogP contribution in [0.1, 0.15) is 38.1 Å². The van der Waals surface area contributed by atoms with E-state index in [9.17, 15) is 4.79 Å². The van der Waals surface area contributed by atoms with Crippen LogP contribution in [0.5, 0.6) is 0 Å². The molecule has 3 rings (SSSR count). The smallest absolute Gasteiger partial charge is 0.233 e. The van der Waals surface area contributed by atoms with Crippen LogP contribution in [0.3, 0.4) is 0 Å². The largest absolute Gasteiger partial charge is 0.355 e. The number of carbonyl (C=O) groups excluding carboxylic acids is 1. The van der Waals surface area contributed by atoms with E-state index in [2.05, 4.69) is 78.6 Å². The number of nitrogens with zero attached hydrogens (tertiary/aromatic N) is 3. The van der Waals surface area contributed by atoms with Gasteiger partial charge in [-0.15, -0.1) is 28.1 Å². The molecule has 164 valence electrons. The third-order valence-electron chi connectivity index (χ3n) is 4.94. The second kappa shape index (κ2) is 10.3. The molecule has 0 radical (unpaired) electrons. The summed E-state index contributed by atoms with van der Waals surface area (Å²) in [5.74, 6) is 0.791. The molecular formula is C24H30N4OS2. The van der Waals surface area contributed by atoms with Crippen molar-refractivity contribution in [2.45, 2.75) is 56.5 Å². The van der Waals surface area contributed by atoms with Gasteiger partial charge in [-0.1, -0.05) is 68.9 Å². The molecule has 31 heavy (non-hydrogen) atoms. The number of thioether (sulfide) groups is 1. The molecular weight excluding hydrogens is 424 g/mol. The van der Waals surface area contributed by atoms with Crippen molar-refractivity contribution in [3.05, 3.63) is 64.9 Å². The van der Waals surface area contributed by atoms with Gasteiger partial charge in [0.2, 0.25) is 5.91 Å². The Bertz CT molecular complexity index is 1000. The number of hydrogen-bond acceptors (Lipinski definition) is 5. The molecule has 1 N–H and O–H groups in total. The average molecular weight is 455 g/mol. The minimum atomic E-state index is -0.271. The molecule has 0 spiro atoms. The van der Waals surface area contributed by atoms with Crippen molar-refractivity contribution in [3.8, 4) is 11.4 Å². The number of amides is 1. The molecule has 0 saturated heterocycles. The first-order valence-electron chi connectivity index (χ1n) is 10.4. The van der Waals surface area contributed by atoms with Crippen molar-refractivity contribution in [2.24, 2.45) is 0 Å².